The zero-order valence-electron chi connectivity index (χ0n) is 18.2. The Morgan fingerprint density at radius 2 is 1.88 bits per heavy atom. The molecule has 0 aliphatic carbocycles. The van der Waals surface area contributed by atoms with Crippen LogP contribution in [0, 0.1) is 13.8 Å². The van der Waals surface area contributed by atoms with E-state index in [0.717, 1.165) is 28.2 Å². The van der Waals surface area contributed by atoms with E-state index in [0.29, 0.717) is 21.9 Å². The summed E-state index contributed by atoms with van der Waals surface area (Å²) < 4.78 is 4.41. The molecule has 0 amide bonds. The minimum Gasteiger partial charge on any atom is -0.476 e. The number of benzene rings is 1. The number of pyridine rings is 1. The summed E-state index contributed by atoms with van der Waals surface area (Å²) in [5, 5.41) is 19.0. The van der Waals surface area contributed by atoms with E-state index in [1.807, 2.05) is 67.1 Å². The molecule has 7 nitrogen and oxygen atoms in total. The van der Waals surface area contributed by atoms with E-state index in [-0.39, 0.29) is 17.7 Å². The lowest BCUT2D eigenvalue weighted by Gasteiger charge is -2.23. The summed E-state index contributed by atoms with van der Waals surface area (Å²) in [6.45, 7) is 7.93. The Labute approximate surface area is 199 Å². The molecule has 0 radical (unpaired) electrons. The summed E-state index contributed by atoms with van der Waals surface area (Å²) in [6, 6.07) is 9.64. The number of carbonyl (C=O) groups is 1. The summed E-state index contributed by atoms with van der Waals surface area (Å²) >= 11 is 9.61. The fourth-order valence-electron chi connectivity index (χ4n) is 4.15. The number of hydrogen-bond acceptors (Lipinski definition) is 4. The average Bonchev–Trinajstić information content (AvgIpc) is 3.27. The standard InChI is InChI=1S/C23H23BrClN5O2/c1-12(2)30-20(19(22(31)32)26-23(30)24)18(16-5-7-17(25)8-6-16)10-15-9-13(3)21-28-27-14(4)29(21)11-15/h5-9,11-12,18H,10H2,1-4H3,(H,31,32). The van der Waals surface area contributed by atoms with E-state index < -0.39 is 5.97 Å². The molecular weight excluding hydrogens is 494 g/mol. The van der Waals surface area contributed by atoms with Gasteiger partial charge in [-0.15, -0.1) is 10.2 Å². The third-order valence-corrected chi connectivity index (χ3v) is 6.39. The van der Waals surface area contributed by atoms with Gasteiger partial charge in [0.25, 0.3) is 0 Å². The van der Waals surface area contributed by atoms with Gasteiger partial charge in [0.1, 0.15) is 5.82 Å². The molecule has 0 fully saturated rings. The lowest BCUT2D eigenvalue weighted by molar-refractivity contribution is 0.0689. The first kappa shape index (κ1) is 22.5. The highest BCUT2D eigenvalue weighted by Crippen LogP contribution is 2.36. The van der Waals surface area contributed by atoms with Crippen molar-refractivity contribution in [3.63, 3.8) is 0 Å². The van der Waals surface area contributed by atoms with Gasteiger partial charge < -0.3 is 9.67 Å². The van der Waals surface area contributed by atoms with Crippen LogP contribution in [0.2, 0.25) is 5.02 Å². The van der Waals surface area contributed by atoms with Crippen molar-refractivity contribution in [3.05, 3.63) is 80.2 Å². The number of aromatic carboxylic acids is 1. The summed E-state index contributed by atoms with van der Waals surface area (Å²) in [7, 11) is 0. The van der Waals surface area contributed by atoms with Crippen LogP contribution in [0.25, 0.3) is 5.65 Å². The van der Waals surface area contributed by atoms with E-state index in [2.05, 4.69) is 37.2 Å². The molecule has 1 atom stereocenters. The quantitative estimate of drug-likeness (QED) is 0.360. The van der Waals surface area contributed by atoms with Crippen LogP contribution in [-0.4, -0.2) is 35.2 Å². The third-order valence-electron chi connectivity index (χ3n) is 5.58. The highest BCUT2D eigenvalue weighted by atomic mass is 79.9. The number of fused-ring (bicyclic) bond motifs is 1. The number of carboxylic acid groups (broad SMARTS) is 1. The average molecular weight is 517 g/mol. The fourth-order valence-corrected chi connectivity index (χ4v) is 5.06. The van der Waals surface area contributed by atoms with Crippen molar-refractivity contribution in [1.82, 2.24) is 24.1 Å². The largest absolute Gasteiger partial charge is 0.476 e. The van der Waals surface area contributed by atoms with Crippen molar-refractivity contribution in [1.29, 1.82) is 0 Å². The number of carboxylic acids is 1. The molecule has 1 N–H and O–H groups in total. The second-order valence-electron chi connectivity index (χ2n) is 8.16. The van der Waals surface area contributed by atoms with Gasteiger partial charge in [0.15, 0.2) is 16.1 Å². The van der Waals surface area contributed by atoms with Crippen LogP contribution in [-0.2, 0) is 6.42 Å². The fraction of sp³-hybridized carbons (Fsp3) is 0.304. The van der Waals surface area contributed by atoms with Gasteiger partial charge in [-0.25, -0.2) is 9.78 Å². The Hall–Kier alpha value is -2.71. The Balaban J connectivity index is 1.93. The van der Waals surface area contributed by atoms with Gasteiger partial charge in [-0.1, -0.05) is 29.8 Å². The molecule has 0 saturated heterocycles. The first-order chi connectivity index (χ1) is 15.2. The maximum absolute atomic E-state index is 12.2. The molecule has 4 rings (SSSR count). The van der Waals surface area contributed by atoms with Gasteiger partial charge in [-0.2, -0.15) is 0 Å². The third kappa shape index (κ3) is 4.04. The zero-order chi connectivity index (χ0) is 23.2. The van der Waals surface area contributed by atoms with Gasteiger partial charge in [0.05, 0.1) is 5.69 Å². The van der Waals surface area contributed by atoms with Crippen molar-refractivity contribution in [2.24, 2.45) is 0 Å². The first-order valence-electron chi connectivity index (χ1n) is 10.2. The van der Waals surface area contributed by atoms with Crippen LogP contribution < -0.4 is 0 Å². The summed E-state index contributed by atoms with van der Waals surface area (Å²) in [5.74, 6) is -0.511. The van der Waals surface area contributed by atoms with Gasteiger partial charge in [-0.05, 0) is 78.9 Å². The normalized spacial score (nSPS) is 12.6. The highest BCUT2D eigenvalue weighted by Gasteiger charge is 2.30. The number of halogens is 2. The topological polar surface area (TPSA) is 85.3 Å². The maximum atomic E-state index is 12.2. The molecule has 0 aliphatic heterocycles. The first-order valence-corrected chi connectivity index (χ1v) is 11.4. The van der Waals surface area contributed by atoms with Gasteiger partial charge >= 0.3 is 5.97 Å². The summed E-state index contributed by atoms with van der Waals surface area (Å²) in [6.07, 6.45) is 2.59. The molecule has 4 aromatic rings. The molecule has 0 saturated carbocycles. The minimum absolute atomic E-state index is 0.0130. The van der Waals surface area contributed by atoms with Crippen LogP contribution in [0.1, 0.15) is 64.5 Å². The molecule has 3 heterocycles. The Morgan fingerprint density at radius 1 is 1.19 bits per heavy atom. The summed E-state index contributed by atoms with van der Waals surface area (Å²) in [4.78, 5) is 16.5. The van der Waals surface area contributed by atoms with Crippen LogP contribution >= 0.6 is 27.5 Å². The minimum atomic E-state index is -1.06. The lowest BCUT2D eigenvalue weighted by Crippen LogP contribution is -2.17. The smallest absolute Gasteiger partial charge is 0.356 e. The summed E-state index contributed by atoms with van der Waals surface area (Å²) in [5.41, 5.74) is 4.53. The number of aryl methyl sites for hydroxylation is 2. The predicted octanol–water partition coefficient (Wildman–Crippen LogP) is 5.61. The van der Waals surface area contributed by atoms with E-state index in [1.165, 1.54) is 0 Å². The monoisotopic (exact) mass is 515 g/mol. The van der Waals surface area contributed by atoms with E-state index in [4.69, 9.17) is 11.6 Å². The molecule has 0 aliphatic rings. The molecule has 0 spiro atoms. The van der Waals surface area contributed by atoms with Gasteiger partial charge in [0.2, 0.25) is 0 Å². The van der Waals surface area contributed by atoms with Crippen molar-refractivity contribution in [2.45, 2.75) is 46.1 Å². The number of imidazole rings is 1. The number of rotatable bonds is 6. The number of nitrogens with zero attached hydrogens (tertiary/aromatic N) is 5. The van der Waals surface area contributed by atoms with Crippen LogP contribution in [0.3, 0.4) is 0 Å². The lowest BCUT2D eigenvalue weighted by atomic mass is 9.88. The van der Waals surface area contributed by atoms with Crippen LogP contribution in [0.15, 0.2) is 41.3 Å². The molecule has 3 aromatic heterocycles. The number of aromatic nitrogens is 5. The molecular formula is C23H23BrClN5O2. The van der Waals surface area contributed by atoms with Crippen molar-refractivity contribution in [2.75, 3.05) is 0 Å². The molecule has 166 valence electrons. The second kappa shape index (κ2) is 8.67. The van der Waals surface area contributed by atoms with E-state index in [9.17, 15) is 9.90 Å². The zero-order valence-corrected chi connectivity index (χ0v) is 20.5. The van der Waals surface area contributed by atoms with Gasteiger partial charge in [-0.3, -0.25) is 4.40 Å². The highest BCUT2D eigenvalue weighted by molar-refractivity contribution is 9.10. The maximum Gasteiger partial charge on any atom is 0.356 e. The Kier molecular flexibility index (Phi) is 6.09. The molecule has 1 unspecified atom stereocenters. The molecule has 32 heavy (non-hydrogen) atoms. The van der Waals surface area contributed by atoms with Crippen LogP contribution in [0.5, 0.6) is 0 Å². The van der Waals surface area contributed by atoms with Crippen molar-refractivity contribution >= 4 is 39.1 Å². The van der Waals surface area contributed by atoms with Crippen LogP contribution in [0.4, 0.5) is 0 Å². The predicted molar refractivity (Wildman–Crippen MR) is 127 cm³/mol. The van der Waals surface area contributed by atoms with E-state index in [1.54, 1.807) is 0 Å². The Morgan fingerprint density at radius 3 is 2.50 bits per heavy atom. The van der Waals surface area contributed by atoms with E-state index >= 15 is 0 Å². The SMILES string of the molecule is Cc1cc(CC(c2ccc(Cl)cc2)c2c(C(=O)O)nc(Br)n2C(C)C)cn2c(C)nnc12. The van der Waals surface area contributed by atoms with Crippen molar-refractivity contribution < 1.29 is 9.90 Å². The number of hydrogen-bond donors (Lipinski definition) is 1. The van der Waals surface area contributed by atoms with Gasteiger partial charge in [0, 0.05) is 23.2 Å². The second-order valence-corrected chi connectivity index (χ2v) is 9.31. The molecule has 9 heteroatoms. The molecule has 1 aromatic carbocycles. The molecule has 0 bridgehead atoms. The van der Waals surface area contributed by atoms with Crippen molar-refractivity contribution in [3.8, 4) is 0 Å². The Bertz CT molecular complexity index is 1310.